The predicted molar refractivity (Wildman–Crippen MR) is 19.8 cm³/mol. The Kier molecular flexibility index (Phi) is 114. The molecule has 0 saturated carbocycles. The van der Waals surface area contributed by atoms with E-state index in [2.05, 4.69) is 5.70 Å². The molecule has 5 heteroatoms. The van der Waals surface area contributed by atoms with Gasteiger partial charge in [0.1, 0.15) is 0 Å². The van der Waals surface area contributed by atoms with Gasteiger partial charge in [0.15, 0.2) is 5.70 Å². The van der Waals surface area contributed by atoms with E-state index in [1.807, 2.05) is 0 Å². The number of hydrogen-bond acceptors (Lipinski definition) is 0. The van der Waals surface area contributed by atoms with Crippen molar-refractivity contribution in [3.8, 4) is 0 Å². The minimum atomic E-state index is 0. The molecule has 0 aromatic carbocycles. The summed E-state index contributed by atoms with van der Waals surface area (Å²) in [5.74, 6) is 0. The zero-order valence-corrected chi connectivity index (χ0v) is 17.1. The largest absolute Gasteiger partial charge is 0.169 e. The maximum absolute atomic E-state index is 4.47. The summed E-state index contributed by atoms with van der Waals surface area (Å²) in [6.07, 6.45) is 0. The van der Waals surface area contributed by atoms with Gasteiger partial charge in [0.25, 0.3) is 0 Å². The predicted octanol–water partition coefficient (Wildman–Crippen LogP) is 0.505. The van der Waals surface area contributed by atoms with Crippen LogP contribution in [0.25, 0.3) is 0 Å². The third-order valence-electron chi connectivity index (χ3n) is 0. The Bertz CT molecular complexity index is 6.85. The monoisotopic (exact) mass is 852 g/mol. The van der Waals surface area contributed by atoms with E-state index in [4.69, 9.17) is 0 Å². The molecule has 0 nitrogen and oxygen atoms in total. The molecule has 0 bridgehead atoms. The zero-order valence-electron chi connectivity index (χ0n) is 2.46. The topological polar surface area (TPSA) is 0 Å². The van der Waals surface area contributed by atoms with Gasteiger partial charge in [-0.1, -0.05) is 0 Å². The van der Waals surface area contributed by atoms with Gasteiger partial charge >= 0.3 is 0 Å². The maximum Gasteiger partial charge on any atom is 0.169 e. The summed E-state index contributed by atoms with van der Waals surface area (Å²) in [5, 5.41) is 0. The van der Waals surface area contributed by atoms with E-state index in [1.165, 1.54) is 0 Å². The molecule has 0 aliphatic carbocycles. The summed E-state index contributed by atoms with van der Waals surface area (Å²) >= 11 is 1.65. The first-order valence-electron chi connectivity index (χ1n) is 0.218. The number of rotatable bonds is 0. The van der Waals surface area contributed by atoms with E-state index in [0.717, 1.165) is 0 Å². The van der Waals surface area contributed by atoms with Crippen molar-refractivity contribution >= 4 is 28.1 Å². The summed E-state index contributed by atoms with van der Waals surface area (Å²) in [6, 6.07) is 0. The van der Waals surface area contributed by atoms with Crippen molar-refractivity contribution in [2.75, 3.05) is 0 Å². The molecule has 0 amide bonds. The molecule has 0 aromatic rings. The average Bonchev–Trinajstić information content (AvgIpc) is 1.00. The molecule has 0 fully saturated rings. The second-order valence-electron chi connectivity index (χ2n) is 0. The first kappa shape index (κ1) is 23.1. The third-order valence-corrected chi connectivity index (χ3v) is 0. The van der Waals surface area contributed by atoms with Gasteiger partial charge in [0, 0.05) is 93.3 Å². The van der Waals surface area contributed by atoms with Crippen LogP contribution in [0.5, 0.6) is 0 Å². The Hall–Kier alpha value is 3.95. The van der Waals surface area contributed by atoms with Gasteiger partial charge in [-0.05, 0) is 0 Å². The Morgan fingerprint density at radius 3 is 0.800 bits per heavy atom. The van der Waals surface area contributed by atoms with Gasteiger partial charge in [-0.2, -0.15) is 22.4 Å². The Labute approximate surface area is 118 Å². The Morgan fingerprint density at radius 1 is 0.800 bits per heavy atom. The summed E-state index contributed by atoms with van der Waals surface area (Å²) in [6.45, 7) is 0. The average molecular weight is 852 g/mol. The van der Waals surface area contributed by atoms with Crippen molar-refractivity contribution in [2.45, 2.75) is 0 Å². The summed E-state index contributed by atoms with van der Waals surface area (Å²) in [7, 11) is 0. The van der Waals surface area contributed by atoms with Gasteiger partial charge < -0.3 is 0 Å². The van der Waals surface area contributed by atoms with Crippen LogP contribution in [-0.2, 0) is 0 Å². The van der Waals surface area contributed by atoms with Gasteiger partial charge in [-0.3, -0.25) is 0 Å². The molecule has 0 N–H and O–H groups in total. The van der Waals surface area contributed by atoms with Crippen LogP contribution in [-0.4, -0.2) is 5.70 Å². The first-order chi connectivity index (χ1) is 1.00. The summed E-state index contributed by atoms with van der Waals surface area (Å²) < 4.78 is 0. The SMILES string of the molecule is [B]I.[U].[U].[U]. The van der Waals surface area contributed by atoms with Crippen molar-refractivity contribution < 1.29 is 93.3 Å². The number of hydrogen-bond donors (Lipinski definition) is 0. The Balaban J connectivity index is -0.00000000167. The van der Waals surface area contributed by atoms with E-state index in [-0.39, 0.29) is 93.3 Å². The van der Waals surface area contributed by atoms with Gasteiger partial charge in [0.05, 0.1) is 0 Å². The molecule has 0 heterocycles. The molecule has 2 radical (unpaired) electrons. The molecular formula is BIU3. The molecule has 0 aromatic heterocycles. The van der Waals surface area contributed by atoms with Crippen LogP contribution in [0.3, 0.4) is 0 Å². The molecule has 0 atom stereocenters. The van der Waals surface area contributed by atoms with Crippen LogP contribution in [0.1, 0.15) is 0 Å². The van der Waals surface area contributed by atoms with Crippen LogP contribution >= 0.6 is 22.4 Å². The van der Waals surface area contributed by atoms with Crippen LogP contribution < -0.4 is 0 Å². The quantitative estimate of drug-likeness (QED) is 0.247. The molecule has 0 aliphatic rings. The summed E-state index contributed by atoms with van der Waals surface area (Å²) in [5.41, 5.74) is 4.47. The maximum atomic E-state index is 4.47. The number of halogens is 1. The Morgan fingerprint density at radius 2 is 0.800 bits per heavy atom. The van der Waals surface area contributed by atoms with Crippen molar-refractivity contribution in [2.24, 2.45) is 0 Å². The molecular weight excluding hydrogens is 852 g/mol. The van der Waals surface area contributed by atoms with E-state index < -0.39 is 0 Å². The van der Waals surface area contributed by atoms with Crippen LogP contribution in [0.15, 0.2) is 0 Å². The normalized spacial score (nSPS) is 1.00. The molecule has 0 unspecified atom stereocenters. The van der Waals surface area contributed by atoms with E-state index in [1.54, 1.807) is 22.4 Å². The van der Waals surface area contributed by atoms with E-state index >= 15 is 0 Å². The van der Waals surface area contributed by atoms with Crippen LogP contribution in [0.4, 0.5) is 0 Å². The molecule has 0 saturated heterocycles. The smallest absolute Gasteiger partial charge is 0.169 e. The van der Waals surface area contributed by atoms with Crippen molar-refractivity contribution in [1.82, 2.24) is 0 Å². The zero-order chi connectivity index (χ0) is 2.00. The fourth-order valence-electron chi connectivity index (χ4n) is 0. The van der Waals surface area contributed by atoms with E-state index in [0.29, 0.717) is 0 Å². The van der Waals surface area contributed by atoms with E-state index in [9.17, 15) is 0 Å². The van der Waals surface area contributed by atoms with Gasteiger partial charge in [-0.15, -0.1) is 0 Å². The van der Waals surface area contributed by atoms with Crippen molar-refractivity contribution in [1.29, 1.82) is 0 Å². The fraction of sp³-hybridized carbons (Fsp3) is 0. The van der Waals surface area contributed by atoms with Gasteiger partial charge in [-0.25, -0.2) is 0 Å². The first-order valence-corrected chi connectivity index (χ1v) is 1.46. The molecule has 22 valence electrons. The summed E-state index contributed by atoms with van der Waals surface area (Å²) in [4.78, 5) is 0. The third kappa shape index (κ3) is 18.0. The van der Waals surface area contributed by atoms with Crippen molar-refractivity contribution in [3.63, 3.8) is 0 Å². The molecule has 0 spiro atoms. The van der Waals surface area contributed by atoms with Crippen LogP contribution in [0, 0.1) is 93.3 Å². The minimum absolute atomic E-state index is 0. The van der Waals surface area contributed by atoms with Crippen LogP contribution in [0.2, 0.25) is 0 Å². The molecule has 5 heavy (non-hydrogen) atoms. The minimum Gasteiger partial charge on any atom is -0.169 e. The van der Waals surface area contributed by atoms with Crippen molar-refractivity contribution in [3.05, 3.63) is 0 Å². The molecule has 0 aliphatic heterocycles. The molecule has 0 rings (SSSR count). The standard InChI is InChI=1S/BI.3U/c1-2;;;. The second kappa shape index (κ2) is 24.6. The van der Waals surface area contributed by atoms with Gasteiger partial charge in [0.2, 0.25) is 0 Å². The second-order valence-corrected chi connectivity index (χ2v) is 0. The fourth-order valence-corrected chi connectivity index (χ4v) is 0.